The molecule has 0 fully saturated rings. The van der Waals surface area contributed by atoms with E-state index in [0.29, 0.717) is 0 Å². The molecule has 78 valence electrons. The Bertz CT molecular complexity index is 442. The lowest BCUT2D eigenvalue weighted by atomic mass is 10.1. The van der Waals surface area contributed by atoms with Crippen LogP contribution in [0, 0.1) is 5.82 Å². The molecule has 1 heterocycles. The molecule has 0 atom stereocenters. The summed E-state index contributed by atoms with van der Waals surface area (Å²) in [5.41, 5.74) is 2.15. The lowest BCUT2D eigenvalue weighted by Crippen LogP contribution is -1.97. The molecular weight excluding hydrogens is 259 g/mol. The topological polar surface area (TPSA) is 17.8 Å². The molecule has 0 saturated carbocycles. The van der Waals surface area contributed by atoms with Gasteiger partial charge in [0, 0.05) is 13.5 Å². The smallest absolute Gasteiger partial charge is 0.127 e. The number of halogens is 2. The molecule has 0 N–H and O–H groups in total. The van der Waals surface area contributed by atoms with Crippen LogP contribution in [-0.4, -0.2) is 9.55 Å². The zero-order valence-electron chi connectivity index (χ0n) is 8.24. The van der Waals surface area contributed by atoms with E-state index in [1.807, 2.05) is 11.6 Å². The van der Waals surface area contributed by atoms with E-state index in [9.17, 15) is 4.39 Å². The molecule has 1 aromatic carbocycles. The Morgan fingerprint density at radius 1 is 1.33 bits per heavy atom. The lowest BCUT2D eigenvalue weighted by molar-refractivity contribution is 0.627. The molecule has 0 unspecified atom stereocenters. The zero-order valence-corrected chi connectivity index (χ0v) is 9.83. The molecule has 1 aromatic heterocycles. The Labute approximate surface area is 95.9 Å². The monoisotopic (exact) mass is 268 g/mol. The van der Waals surface area contributed by atoms with Gasteiger partial charge in [0.25, 0.3) is 0 Å². The third-order valence-electron chi connectivity index (χ3n) is 2.29. The van der Waals surface area contributed by atoms with Crippen LogP contribution < -0.4 is 0 Å². The zero-order chi connectivity index (χ0) is 10.8. The molecule has 2 rings (SSSR count). The molecule has 0 bridgehead atoms. The van der Waals surface area contributed by atoms with Crippen molar-refractivity contribution in [2.24, 2.45) is 7.05 Å². The first-order valence-electron chi connectivity index (χ1n) is 4.57. The Hall–Kier alpha value is -1.16. The predicted molar refractivity (Wildman–Crippen MR) is 60.1 cm³/mol. The Morgan fingerprint density at radius 2 is 2.00 bits per heavy atom. The molecule has 0 radical (unpaired) electrons. The number of aryl methyl sites for hydroxylation is 1. The van der Waals surface area contributed by atoms with Crippen LogP contribution in [0.4, 0.5) is 4.39 Å². The molecule has 0 aliphatic heterocycles. The standard InChI is InChI=1S/C11H10BrFN2/c1-15-7-14-11(12)10(15)6-8-2-4-9(13)5-3-8/h2-5,7H,6H2,1H3. The van der Waals surface area contributed by atoms with Crippen molar-refractivity contribution in [3.63, 3.8) is 0 Å². The number of imidazole rings is 1. The van der Waals surface area contributed by atoms with Gasteiger partial charge < -0.3 is 4.57 Å². The quantitative estimate of drug-likeness (QED) is 0.819. The first-order chi connectivity index (χ1) is 7.16. The average Bonchev–Trinajstić information content (AvgIpc) is 2.53. The van der Waals surface area contributed by atoms with Gasteiger partial charge in [-0.1, -0.05) is 12.1 Å². The number of benzene rings is 1. The van der Waals surface area contributed by atoms with Crippen LogP contribution in [0.5, 0.6) is 0 Å². The van der Waals surface area contributed by atoms with Gasteiger partial charge in [-0.05, 0) is 33.6 Å². The van der Waals surface area contributed by atoms with E-state index in [1.54, 1.807) is 18.5 Å². The fourth-order valence-electron chi connectivity index (χ4n) is 1.42. The van der Waals surface area contributed by atoms with Crippen molar-refractivity contribution in [3.05, 3.63) is 52.3 Å². The minimum Gasteiger partial charge on any atom is -0.336 e. The number of rotatable bonds is 2. The molecule has 2 aromatic rings. The van der Waals surface area contributed by atoms with Gasteiger partial charge in [0.1, 0.15) is 10.4 Å². The normalized spacial score (nSPS) is 10.6. The fourth-order valence-corrected chi connectivity index (χ4v) is 1.93. The van der Waals surface area contributed by atoms with Crippen molar-refractivity contribution >= 4 is 15.9 Å². The van der Waals surface area contributed by atoms with Crippen LogP contribution in [0.15, 0.2) is 35.2 Å². The molecule has 15 heavy (non-hydrogen) atoms. The van der Waals surface area contributed by atoms with Crippen LogP contribution in [0.1, 0.15) is 11.3 Å². The number of nitrogens with zero attached hydrogens (tertiary/aromatic N) is 2. The fraction of sp³-hybridized carbons (Fsp3) is 0.182. The van der Waals surface area contributed by atoms with E-state index in [2.05, 4.69) is 20.9 Å². The summed E-state index contributed by atoms with van der Waals surface area (Å²) in [7, 11) is 1.94. The SMILES string of the molecule is Cn1cnc(Br)c1Cc1ccc(F)cc1. The third-order valence-corrected chi connectivity index (χ3v) is 2.96. The molecular formula is C11H10BrFN2. The summed E-state index contributed by atoms with van der Waals surface area (Å²) < 4.78 is 15.5. The van der Waals surface area contributed by atoms with Crippen LogP contribution >= 0.6 is 15.9 Å². The molecule has 0 saturated heterocycles. The van der Waals surface area contributed by atoms with E-state index in [-0.39, 0.29) is 5.82 Å². The minimum atomic E-state index is -0.206. The van der Waals surface area contributed by atoms with Crippen molar-refractivity contribution in [3.8, 4) is 0 Å². The summed E-state index contributed by atoms with van der Waals surface area (Å²) in [6.45, 7) is 0. The molecule has 4 heteroatoms. The van der Waals surface area contributed by atoms with Gasteiger partial charge in [-0.2, -0.15) is 0 Å². The molecule has 2 nitrogen and oxygen atoms in total. The van der Waals surface area contributed by atoms with Gasteiger partial charge in [-0.3, -0.25) is 0 Å². The Balaban J connectivity index is 2.25. The van der Waals surface area contributed by atoms with E-state index in [0.717, 1.165) is 22.3 Å². The predicted octanol–water partition coefficient (Wildman–Crippen LogP) is 2.91. The third kappa shape index (κ3) is 2.26. The van der Waals surface area contributed by atoms with Crippen LogP contribution in [0.3, 0.4) is 0 Å². The van der Waals surface area contributed by atoms with Crippen molar-refractivity contribution < 1.29 is 4.39 Å². The minimum absolute atomic E-state index is 0.206. The highest BCUT2D eigenvalue weighted by Gasteiger charge is 2.06. The van der Waals surface area contributed by atoms with E-state index in [1.165, 1.54) is 12.1 Å². The van der Waals surface area contributed by atoms with Crippen LogP contribution in [0.25, 0.3) is 0 Å². The summed E-state index contributed by atoms with van der Waals surface area (Å²) in [6, 6.07) is 6.52. The maximum absolute atomic E-state index is 12.7. The van der Waals surface area contributed by atoms with Gasteiger partial charge >= 0.3 is 0 Å². The van der Waals surface area contributed by atoms with Crippen LogP contribution in [-0.2, 0) is 13.5 Å². The van der Waals surface area contributed by atoms with Crippen molar-refractivity contribution in [1.29, 1.82) is 0 Å². The second-order valence-electron chi connectivity index (χ2n) is 3.40. The summed E-state index contributed by atoms with van der Waals surface area (Å²) >= 11 is 3.38. The van der Waals surface area contributed by atoms with E-state index in [4.69, 9.17) is 0 Å². The summed E-state index contributed by atoms with van der Waals surface area (Å²) in [6.07, 6.45) is 2.50. The highest BCUT2D eigenvalue weighted by Crippen LogP contribution is 2.17. The molecule has 0 spiro atoms. The second-order valence-corrected chi connectivity index (χ2v) is 4.15. The van der Waals surface area contributed by atoms with Gasteiger partial charge in [0.15, 0.2) is 0 Å². The first kappa shape index (κ1) is 10.4. The largest absolute Gasteiger partial charge is 0.336 e. The van der Waals surface area contributed by atoms with Gasteiger partial charge in [-0.25, -0.2) is 9.37 Å². The van der Waals surface area contributed by atoms with Crippen LogP contribution in [0.2, 0.25) is 0 Å². The highest BCUT2D eigenvalue weighted by molar-refractivity contribution is 9.10. The Morgan fingerprint density at radius 3 is 2.53 bits per heavy atom. The van der Waals surface area contributed by atoms with Crippen molar-refractivity contribution in [2.75, 3.05) is 0 Å². The maximum atomic E-state index is 12.7. The number of aromatic nitrogens is 2. The highest BCUT2D eigenvalue weighted by atomic mass is 79.9. The second kappa shape index (κ2) is 4.14. The Kier molecular flexibility index (Phi) is 2.86. The maximum Gasteiger partial charge on any atom is 0.127 e. The molecule has 0 aliphatic rings. The van der Waals surface area contributed by atoms with E-state index >= 15 is 0 Å². The number of hydrogen-bond acceptors (Lipinski definition) is 1. The van der Waals surface area contributed by atoms with Crippen molar-refractivity contribution in [2.45, 2.75) is 6.42 Å². The number of hydrogen-bond donors (Lipinski definition) is 0. The average molecular weight is 269 g/mol. The summed E-state index contributed by atoms with van der Waals surface area (Å²) in [5, 5.41) is 0. The molecule has 0 aliphatic carbocycles. The first-order valence-corrected chi connectivity index (χ1v) is 5.36. The van der Waals surface area contributed by atoms with Gasteiger partial charge in [-0.15, -0.1) is 0 Å². The van der Waals surface area contributed by atoms with Gasteiger partial charge in [0.05, 0.1) is 12.0 Å². The molecule has 0 amide bonds. The summed E-state index contributed by atoms with van der Waals surface area (Å²) in [4.78, 5) is 4.14. The van der Waals surface area contributed by atoms with Crippen molar-refractivity contribution in [1.82, 2.24) is 9.55 Å². The lowest BCUT2D eigenvalue weighted by Gasteiger charge is -2.03. The summed E-state index contributed by atoms with van der Waals surface area (Å²) in [5.74, 6) is -0.206. The van der Waals surface area contributed by atoms with E-state index < -0.39 is 0 Å². The van der Waals surface area contributed by atoms with Gasteiger partial charge in [0.2, 0.25) is 0 Å².